The largest absolute Gasteiger partial charge is 0.393 e. The molecule has 2 atom stereocenters. The quantitative estimate of drug-likeness (QED) is 0.682. The van der Waals surface area contributed by atoms with Crippen molar-refractivity contribution in [1.29, 1.82) is 0 Å². The summed E-state index contributed by atoms with van der Waals surface area (Å²) in [5, 5.41) is 18.4. The third kappa shape index (κ3) is 3.64. The molecule has 1 rings (SSSR count). The van der Waals surface area contributed by atoms with Gasteiger partial charge in [0.2, 0.25) is 5.91 Å². The number of piperidine rings is 1. The first-order chi connectivity index (χ1) is 6.59. The van der Waals surface area contributed by atoms with Gasteiger partial charge in [0.1, 0.15) is 0 Å². The van der Waals surface area contributed by atoms with E-state index in [0.29, 0.717) is 19.4 Å². The summed E-state index contributed by atoms with van der Waals surface area (Å²) in [7, 11) is 0. The SMILES string of the molecule is CC(O)CCC(=O)N1CCCC(O)C1. The van der Waals surface area contributed by atoms with Gasteiger partial charge in [-0.2, -0.15) is 0 Å². The molecular weight excluding hydrogens is 182 g/mol. The fraction of sp³-hybridized carbons (Fsp3) is 0.900. The Hall–Kier alpha value is -0.610. The normalized spacial score (nSPS) is 24.8. The van der Waals surface area contributed by atoms with E-state index in [-0.39, 0.29) is 12.0 Å². The molecule has 0 aromatic heterocycles. The Balaban J connectivity index is 2.29. The molecule has 0 bridgehead atoms. The lowest BCUT2D eigenvalue weighted by Crippen LogP contribution is -2.42. The number of hydrogen-bond acceptors (Lipinski definition) is 3. The second-order valence-electron chi connectivity index (χ2n) is 4.02. The molecule has 0 radical (unpaired) electrons. The van der Waals surface area contributed by atoms with Crippen LogP contribution in [0.2, 0.25) is 0 Å². The Kier molecular flexibility index (Phi) is 4.35. The van der Waals surface area contributed by atoms with Crippen LogP contribution >= 0.6 is 0 Å². The summed E-state index contributed by atoms with van der Waals surface area (Å²) in [6.45, 7) is 2.88. The number of rotatable bonds is 3. The highest BCUT2D eigenvalue weighted by molar-refractivity contribution is 5.76. The lowest BCUT2D eigenvalue weighted by atomic mass is 10.1. The maximum absolute atomic E-state index is 11.6. The molecule has 2 N–H and O–H groups in total. The van der Waals surface area contributed by atoms with Gasteiger partial charge in [-0.05, 0) is 26.2 Å². The molecule has 0 aromatic carbocycles. The van der Waals surface area contributed by atoms with E-state index in [2.05, 4.69) is 0 Å². The first-order valence-electron chi connectivity index (χ1n) is 5.23. The van der Waals surface area contributed by atoms with Gasteiger partial charge in [-0.25, -0.2) is 0 Å². The number of hydrogen-bond donors (Lipinski definition) is 2. The van der Waals surface area contributed by atoms with Crippen molar-refractivity contribution >= 4 is 5.91 Å². The van der Waals surface area contributed by atoms with Gasteiger partial charge in [-0.1, -0.05) is 0 Å². The first kappa shape index (κ1) is 11.5. The maximum atomic E-state index is 11.6. The second-order valence-corrected chi connectivity index (χ2v) is 4.02. The van der Waals surface area contributed by atoms with Gasteiger partial charge in [-0.3, -0.25) is 4.79 Å². The van der Waals surface area contributed by atoms with E-state index in [1.165, 1.54) is 0 Å². The Morgan fingerprint density at radius 3 is 2.93 bits per heavy atom. The fourth-order valence-electron chi connectivity index (χ4n) is 1.67. The van der Waals surface area contributed by atoms with Gasteiger partial charge >= 0.3 is 0 Å². The predicted octanol–water partition coefficient (Wildman–Crippen LogP) is 0.131. The lowest BCUT2D eigenvalue weighted by molar-refractivity contribution is -0.134. The molecule has 82 valence electrons. The van der Waals surface area contributed by atoms with Crippen molar-refractivity contribution in [2.45, 2.75) is 44.8 Å². The Morgan fingerprint density at radius 1 is 1.64 bits per heavy atom. The van der Waals surface area contributed by atoms with E-state index in [1.807, 2.05) is 0 Å². The molecule has 0 aliphatic carbocycles. The van der Waals surface area contributed by atoms with Gasteiger partial charge in [0.05, 0.1) is 12.2 Å². The number of aliphatic hydroxyl groups excluding tert-OH is 2. The van der Waals surface area contributed by atoms with Crippen molar-refractivity contribution in [3.8, 4) is 0 Å². The summed E-state index contributed by atoms with van der Waals surface area (Å²) in [4.78, 5) is 13.2. The summed E-state index contributed by atoms with van der Waals surface area (Å²) in [5.74, 6) is 0.0460. The van der Waals surface area contributed by atoms with Crippen LogP contribution in [-0.4, -0.2) is 46.3 Å². The van der Waals surface area contributed by atoms with Crippen LogP contribution < -0.4 is 0 Å². The number of nitrogens with zero attached hydrogens (tertiary/aromatic N) is 1. The smallest absolute Gasteiger partial charge is 0.222 e. The molecule has 2 unspecified atom stereocenters. The molecule has 1 aliphatic heterocycles. The highest BCUT2D eigenvalue weighted by Crippen LogP contribution is 2.11. The molecule has 0 aromatic rings. The van der Waals surface area contributed by atoms with E-state index >= 15 is 0 Å². The third-order valence-electron chi connectivity index (χ3n) is 2.53. The van der Waals surface area contributed by atoms with Gasteiger partial charge in [0, 0.05) is 19.5 Å². The average Bonchev–Trinajstić information content (AvgIpc) is 2.14. The number of carbonyl (C=O) groups is 1. The van der Waals surface area contributed by atoms with Crippen LogP contribution in [0.5, 0.6) is 0 Å². The van der Waals surface area contributed by atoms with Crippen LogP contribution in [0, 0.1) is 0 Å². The molecule has 4 heteroatoms. The molecule has 1 heterocycles. The molecule has 1 aliphatic rings. The van der Waals surface area contributed by atoms with Crippen molar-refractivity contribution < 1.29 is 15.0 Å². The molecular formula is C10H19NO3. The number of carbonyl (C=O) groups excluding carboxylic acids is 1. The fourth-order valence-corrected chi connectivity index (χ4v) is 1.67. The van der Waals surface area contributed by atoms with E-state index in [0.717, 1.165) is 19.4 Å². The van der Waals surface area contributed by atoms with Crippen LogP contribution in [0.4, 0.5) is 0 Å². The molecule has 0 spiro atoms. The predicted molar refractivity (Wildman–Crippen MR) is 52.7 cm³/mol. The van der Waals surface area contributed by atoms with E-state index in [4.69, 9.17) is 5.11 Å². The lowest BCUT2D eigenvalue weighted by Gasteiger charge is -2.30. The number of likely N-dealkylation sites (tertiary alicyclic amines) is 1. The number of β-amino-alcohol motifs (C(OH)–C–C–N with tert-alkyl or cyclic N) is 1. The van der Waals surface area contributed by atoms with Crippen molar-refractivity contribution in [3.05, 3.63) is 0 Å². The van der Waals surface area contributed by atoms with Crippen molar-refractivity contribution in [3.63, 3.8) is 0 Å². The summed E-state index contributed by atoms with van der Waals surface area (Å²) < 4.78 is 0. The minimum atomic E-state index is -0.423. The van der Waals surface area contributed by atoms with Gasteiger partial charge in [0.25, 0.3) is 0 Å². The summed E-state index contributed by atoms with van der Waals surface area (Å²) in [6.07, 6.45) is 1.77. The van der Waals surface area contributed by atoms with Crippen LogP contribution in [0.3, 0.4) is 0 Å². The van der Waals surface area contributed by atoms with Crippen molar-refractivity contribution in [1.82, 2.24) is 4.90 Å². The zero-order valence-electron chi connectivity index (χ0n) is 8.65. The van der Waals surface area contributed by atoms with E-state index in [9.17, 15) is 9.90 Å². The van der Waals surface area contributed by atoms with E-state index < -0.39 is 6.10 Å². The summed E-state index contributed by atoms with van der Waals surface area (Å²) in [5.41, 5.74) is 0. The van der Waals surface area contributed by atoms with Gasteiger partial charge < -0.3 is 15.1 Å². The number of aliphatic hydroxyl groups is 2. The third-order valence-corrected chi connectivity index (χ3v) is 2.53. The van der Waals surface area contributed by atoms with Crippen LogP contribution in [-0.2, 0) is 4.79 Å². The molecule has 1 fully saturated rings. The highest BCUT2D eigenvalue weighted by Gasteiger charge is 2.21. The van der Waals surface area contributed by atoms with Crippen molar-refractivity contribution in [2.24, 2.45) is 0 Å². The minimum Gasteiger partial charge on any atom is -0.393 e. The summed E-state index contributed by atoms with van der Waals surface area (Å²) in [6, 6.07) is 0. The van der Waals surface area contributed by atoms with Gasteiger partial charge in [0.15, 0.2) is 0 Å². The van der Waals surface area contributed by atoms with Crippen molar-refractivity contribution in [2.75, 3.05) is 13.1 Å². The second kappa shape index (κ2) is 5.32. The first-order valence-corrected chi connectivity index (χ1v) is 5.23. The highest BCUT2D eigenvalue weighted by atomic mass is 16.3. The monoisotopic (exact) mass is 201 g/mol. The topological polar surface area (TPSA) is 60.8 Å². The Morgan fingerprint density at radius 2 is 2.36 bits per heavy atom. The van der Waals surface area contributed by atoms with Crippen LogP contribution in [0.1, 0.15) is 32.6 Å². The standard InChI is InChI=1S/C10H19NO3/c1-8(12)4-5-10(14)11-6-2-3-9(13)7-11/h8-9,12-13H,2-7H2,1H3. The maximum Gasteiger partial charge on any atom is 0.222 e. The van der Waals surface area contributed by atoms with Gasteiger partial charge in [-0.15, -0.1) is 0 Å². The Bertz CT molecular complexity index is 194. The van der Waals surface area contributed by atoms with Crippen LogP contribution in [0.15, 0.2) is 0 Å². The molecule has 1 amide bonds. The summed E-state index contributed by atoms with van der Waals surface area (Å²) >= 11 is 0. The number of amides is 1. The zero-order chi connectivity index (χ0) is 10.6. The average molecular weight is 201 g/mol. The minimum absolute atomic E-state index is 0.0460. The molecule has 14 heavy (non-hydrogen) atoms. The molecule has 4 nitrogen and oxygen atoms in total. The van der Waals surface area contributed by atoms with Crippen LogP contribution in [0.25, 0.3) is 0 Å². The zero-order valence-corrected chi connectivity index (χ0v) is 8.65. The molecule has 1 saturated heterocycles. The Labute approximate surface area is 84.5 Å². The molecule has 0 saturated carbocycles. The van der Waals surface area contributed by atoms with E-state index in [1.54, 1.807) is 11.8 Å².